The summed E-state index contributed by atoms with van der Waals surface area (Å²) in [6.07, 6.45) is 3.55. The van der Waals surface area contributed by atoms with E-state index in [-0.39, 0.29) is 0 Å². The molecule has 1 aliphatic rings. The molecule has 0 atom stereocenters. The maximum absolute atomic E-state index is 5.45. The second-order valence-electron chi connectivity index (χ2n) is 3.59. The normalized spacial score (nSPS) is 17.9. The van der Waals surface area contributed by atoms with Crippen LogP contribution in [0, 0.1) is 0 Å². The quantitative estimate of drug-likeness (QED) is 0.743. The topological polar surface area (TPSA) is 64.3 Å². The summed E-state index contributed by atoms with van der Waals surface area (Å²) in [6, 6.07) is 0. The summed E-state index contributed by atoms with van der Waals surface area (Å²) in [5.41, 5.74) is 7.28. The van der Waals surface area contributed by atoms with Crippen molar-refractivity contribution in [1.29, 1.82) is 0 Å². The van der Waals surface area contributed by atoms with Crippen molar-refractivity contribution < 1.29 is 4.74 Å². The van der Waals surface area contributed by atoms with Crippen molar-refractivity contribution in [3.05, 3.63) is 23.8 Å². The minimum absolute atomic E-state index is 0.449. The van der Waals surface area contributed by atoms with Crippen LogP contribution in [0.15, 0.2) is 12.4 Å². The van der Waals surface area contributed by atoms with E-state index < -0.39 is 0 Å². The molecule has 5 nitrogen and oxygen atoms in total. The van der Waals surface area contributed by atoms with Gasteiger partial charge >= 0.3 is 0 Å². The molecule has 0 spiro atoms. The number of nitrogens with zero attached hydrogens (tertiary/aromatic N) is 3. The van der Waals surface area contributed by atoms with Gasteiger partial charge in [0.15, 0.2) is 0 Å². The van der Waals surface area contributed by atoms with Crippen LogP contribution in [0.2, 0.25) is 0 Å². The molecule has 5 heteroatoms. The Morgan fingerprint density at radius 3 is 2.47 bits per heavy atom. The van der Waals surface area contributed by atoms with Crippen LogP contribution in [0.5, 0.6) is 0 Å². The van der Waals surface area contributed by atoms with E-state index in [1.165, 1.54) is 0 Å². The molecule has 2 N–H and O–H groups in total. The van der Waals surface area contributed by atoms with Gasteiger partial charge < -0.3 is 10.5 Å². The van der Waals surface area contributed by atoms with E-state index in [4.69, 9.17) is 10.5 Å². The molecule has 2 heterocycles. The molecular formula is C10H16N4O. The third kappa shape index (κ3) is 2.95. The molecule has 0 unspecified atom stereocenters. The minimum Gasteiger partial charge on any atom is -0.379 e. The Bertz CT molecular complexity index is 295. The molecule has 0 amide bonds. The van der Waals surface area contributed by atoms with Crippen LogP contribution in [-0.4, -0.2) is 41.2 Å². The Morgan fingerprint density at radius 2 is 1.87 bits per heavy atom. The summed E-state index contributed by atoms with van der Waals surface area (Å²) in [5, 5.41) is 0. The van der Waals surface area contributed by atoms with Crippen LogP contribution in [0.25, 0.3) is 0 Å². The molecule has 1 saturated heterocycles. The molecule has 0 bridgehead atoms. The van der Waals surface area contributed by atoms with Gasteiger partial charge in [-0.25, -0.2) is 0 Å². The maximum Gasteiger partial charge on any atom is 0.0727 e. The Kier molecular flexibility index (Phi) is 3.60. The van der Waals surface area contributed by atoms with Crippen LogP contribution < -0.4 is 5.73 Å². The molecule has 0 aliphatic carbocycles. The Morgan fingerprint density at radius 1 is 1.20 bits per heavy atom. The number of hydrogen-bond acceptors (Lipinski definition) is 5. The highest BCUT2D eigenvalue weighted by Gasteiger charge is 2.11. The second-order valence-corrected chi connectivity index (χ2v) is 3.59. The third-order valence-corrected chi connectivity index (χ3v) is 2.46. The van der Waals surface area contributed by atoms with Gasteiger partial charge in [0.05, 0.1) is 37.0 Å². The molecule has 1 aromatic rings. The van der Waals surface area contributed by atoms with Gasteiger partial charge in [0.1, 0.15) is 0 Å². The first kappa shape index (κ1) is 10.5. The standard InChI is InChI=1S/C10H16N4O/c11-5-9-6-13-10(7-12-9)8-14-1-3-15-4-2-14/h6-7H,1-5,8,11H2. The predicted octanol–water partition coefficient (Wildman–Crippen LogP) is -0.232. The summed E-state index contributed by atoms with van der Waals surface area (Å²) in [7, 11) is 0. The molecule has 1 aliphatic heterocycles. The Hall–Kier alpha value is -1.04. The first-order valence-corrected chi connectivity index (χ1v) is 5.18. The SMILES string of the molecule is NCc1cnc(CN2CCOCC2)cn1. The fraction of sp³-hybridized carbons (Fsp3) is 0.600. The monoisotopic (exact) mass is 208 g/mol. The van der Waals surface area contributed by atoms with E-state index in [1.54, 1.807) is 12.4 Å². The van der Waals surface area contributed by atoms with Crippen LogP contribution >= 0.6 is 0 Å². The van der Waals surface area contributed by atoms with Crippen LogP contribution in [-0.2, 0) is 17.8 Å². The lowest BCUT2D eigenvalue weighted by Crippen LogP contribution is -2.35. The van der Waals surface area contributed by atoms with E-state index in [1.807, 2.05) is 0 Å². The highest BCUT2D eigenvalue weighted by Crippen LogP contribution is 2.03. The highest BCUT2D eigenvalue weighted by atomic mass is 16.5. The first-order chi connectivity index (χ1) is 7.38. The van der Waals surface area contributed by atoms with Gasteiger partial charge in [-0.2, -0.15) is 0 Å². The Labute approximate surface area is 89.3 Å². The number of hydrogen-bond donors (Lipinski definition) is 1. The number of ether oxygens (including phenoxy) is 1. The van der Waals surface area contributed by atoms with Gasteiger partial charge in [-0.3, -0.25) is 14.9 Å². The number of morpholine rings is 1. The lowest BCUT2D eigenvalue weighted by molar-refractivity contribution is 0.0336. The summed E-state index contributed by atoms with van der Waals surface area (Å²) in [4.78, 5) is 10.9. The average Bonchev–Trinajstić information content (AvgIpc) is 2.31. The zero-order chi connectivity index (χ0) is 10.5. The van der Waals surface area contributed by atoms with Gasteiger partial charge in [0, 0.05) is 26.2 Å². The van der Waals surface area contributed by atoms with E-state index in [9.17, 15) is 0 Å². The minimum atomic E-state index is 0.449. The van der Waals surface area contributed by atoms with Gasteiger partial charge in [0.2, 0.25) is 0 Å². The summed E-state index contributed by atoms with van der Waals surface area (Å²) in [6.45, 7) is 4.87. The van der Waals surface area contributed by atoms with Gasteiger partial charge in [-0.15, -0.1) is 0 Å². The molecule has 0 saturated carbocycles. The predicted molar refractivity (Wildman–Crippen MR) is 56.0 cm³/mol. The molecule has 1 fully saturated rings. The van der Waals surface area contributed by atoms with Crippen molar-refractivity contribution in [2.75, 3.05) is 26.3 Å². The van der Waals surface area contributed by atoms with E-state index in [0.29, 0.717) is 6.54 Å². The second kappa shape index (κ2) is 5.16. The van der Waals surface area contributed by atoms with Crippen molar-refractivity contribution in [3.8, 4) is 0 Å². The average molecular weight is 208 g/mol. The molecular weight excluding hydrogens is 192 g/mol. The number of aromatic nitrogens is 2. The molecule has 2 rings (SSSR count). The summed E-state index contributed by atoms with van der Waals surface area (Å²) >= 11 is 0. The van der Waals surface area contributed by atoms with Crippen molar-refractivity contribution in [3.63, 3.8) is 0 Å². The molecule has 82 valence electrons. The smallest absolute Gasteiger partial charge is 0.0727 e. The van der Waals surface area contributed by atoms with Crippen molar-refractivity contribution in [2.45, 2.75) is 13.1 Å². The van der Waals surface area contributed by atoms with Crippen LogP contribution in [0.1, 0.15) is 11.4 Å². The van der Waals surface area contributed by atoms with Crippen molar-refractivity contribution >= 4 is 0 Å². The first-order valence-electron chi connectivity index (χ1n) is 5.18. The van der Waals surface area contributed by atoms with E-state index >= 15 is 0 Å². The van der Waals surface area contributed by atoms with Crippen LogP contribution in [0.4, 0.5) is 0 Å². The lowest BCUT2D eigenvalue weighted by atomic mass is 10.3. The zero-order valence-corrected chi connectivity index (χ0v) is 8.72. The maximum atomic E-state index is 5.45. The molecule has 0 radical (unpaired) electrons. The van der Waals surface area contributed by atoms with Gasteiger partial charge in [0.25, 0.3) is 0 Å². The summed E-state index contributed by atoms with van der Waals surface area (Å²) < 4.78 is 5.28. The third-order valence-electron chi connectivity index (χ3n) is 2.46. The largest absolute Gasteiger partial charge is 0.379 e. The highest BCUT2D eigenvalue weighted by molar-refractivity contribution is 5.02. The summed E-state index contributed by atoms with van der Waals surface area (Å²) in [5.74, 6) is 0. The van der Waals surface area contributed by atoms with E-state index in [2.05, 4.69) is 14.9 Å². The number of nitrogens with two attached hydrogens (primary N) is 1. The fourth-order valence-electron chi connectivity index (χ4n) is 1.56. The molecule has 15 heavy (non-hydrogen) atoms. The van der Waals surface area contributed by atoms with Crippen molar-refractivity contribution in [2.24, 2.45) is 5.73 Å². The molecule has 0 aromatic carbocycles. The van der Waals surface area contributed by atoms with Crippen molar-refractivity contribution in [1.82, 2.24) is 14.9 Å². The molecule has 1 aromatic heterocycles. The lowest BCUT2D eigenvalue weighted by Gasteiger charge is -2.25. The van der Waals surface area contributed by atoms with Gasteiger partial charge in [-0.05, 0) is 0 Å². The number of rotatable bonds is 3. The van der Waals surface area contributed by atoms with E-state index in [0.717, 1.165) is 44.2 Å². The zero-order valence-electron chi connectivity index (χ0n) is 8.72. The fourth-order valence-corrected chi connectivity index (χ4v) is 1.56. The van der Waals surface area contributed by atoms with Crippen LogP contribution in [0.3, 0.4) is 0 Å². The van der Waals surface area contributed by atoms with Gasteiger partial charge in [-0.1, -0.05) is 0 Å². The Balaban J connectivity index is 1.91.